The normalized spacial score (nSPS) is 17.2. The number of nitrogens with one attached hydrogen (secondary N) is 1. The molecule has 380 valence electrons. The van der Waals surface area contributed by atoms with Crippen molar-refractivity contribution in [3.05, 3.63) is 98.7 Å². The van der Waals surface area contributed by atoms with Gasteiger partial charge in [0.05, 0.1) is 41.1 Å². The molecule has 28 heteroatoms. The predicted octanol–water partition coefficient (Wildman–Crippen LogP) is 7.32. The number of amides is 2. The fourth-order valence-electron chi connectivity index (χ4n) is 8.09. The number of rotatable bonds is 13. The summed E-state index contributed by atoms with van der Waals surface area (Å²) in [7, 11) is -3.90. The van der Waals surface area contributed by atoms with Crippen LogP contribution >= 0.6 is 11.6 Å². The van der Waals surface area contributed by atoms with Crippen molar-refractivity contribution in [2.45, 2.75) is 88.2 Å². The van der Waals surface area contributed by atoms with Crippen molar-refractivity contribution in [1.29, 1.82) is 0 Å². The number of fused-ring (bicyclic) bond motifs is 4. The van der Waals surface area contributed by atoms with E-state index in [1.165, 1.54) is 26.8 Å². The smallest absolute Gasteiger partial charge is 0.435 e. The number of hydrogen-bond acceptors (Lipinski definition) is 10. The largest absolute Gasteiger partial charge is 0.459 e. The second-order valence-corrected chi connectivity index (χ2v) is 20.8. The number of ether oxygens (including phenoxy) is 1. The number of hydrogen-bond donors (Lipinski definition) is 2. The number of alkyl halides is 8. The van der Waals surface area contributed by atoms with E-state index in [1.54, 1.807) is 0 Å². The molecule has 1 fully saturated rings. The first-order valence-corrected chi connectivity index (χ1v) is 24.0. The number of carbonyl (C=O) groups is 3. The summed E-state index contributed by atoms with van der Waals surface area (Å²) in [4.78, 5) is 43.9. The van der Waals surface area contributed by atoms with E-state index in [-0.39, 0.29) is 49.4 Å². The molecule has 5 aromatic rings. The van der Waals surface area contributed by atoms with Gasteiger partial charge >= 0.3 is 24.2 Å². The molecule has 1 saturated carbocycles. The number of sulfone groups is 1. The van der Waals surface area contributed by atoms with Gasteiger partial charge in [-0.15, -0.1) is 0 Å². The van der Waals surface area contributed by atoms with E-state index >= 15 is 8.78 Å². The maximum atomic E-state index is 15.6. The summed E-state index contributed by atoms with van der Waals surface area (Å²) < 4.78 is 197. The van der Waals surface area contributed by atoms with Gasteiger partial charge in [-0.3, -0.25) is 23.5 Å². The lowest BCUT2D eigenvalue weighted by molar-refractivity contribution is -0.157. The molecule has 0 radical (unpaired) electrons. The average molecular weight is 1070 g/mol. The number of halogens is 11. The fourth-order valence-corrected chi connectivity index (χ4v) is 9.04. The van der Waals surface area contributed by atoms with Crippen LogP contribution in [0.25, 0.3) is 22.0 Å². The first-order chi connectivity index (χ1) is 32.8. The molecule has 0 aliphatic heterocycles. The van der Waals surface area contributed by atoms with Crippen LogP contribution in [-0.2, 0) is 78.4 Å². The zero-order valence-corrected chi connectivity index (χ0v) is 39.4. The van der Waals surface area contributed by atoms with Crippen LogP contribution in [0.15, 0.2) is 42.5 Å². The molecule has 4 atom stereocenters. The summed E-state index contributed by atoms with van der Waals surface area (Å²) in [6.07, 6.45) is -10.4. The summed E-state index contributed by atoms with van der Waals surface area (Å²) in [5.74, 6) is -8.37. The van der Waals surface area contributed by atoms with Crippen LogP contribution in [0.2, 0.25) is 5.02 Å². The molecule has 2 aromatic carbocycles. The highest BCUT2D eigenvalue weighted by Gasteiger charge is 2.68. The highest BCUT2D eigenvalue weighted by atomic mass is 35.5. The summed E-state index contributed by atoms with van der Waals surface area (Å²) in [6.45, 7) is -0.926. The number of carbonyl (C=O) groups excluding carboxylic acids is 3. The minimum atomic E-state index is -5.22. The Bertz CT molecular complexity index is 3200. The zero-order valence-electron chi connectivity index (χ0n) is 37.0. The van der Waals surface area contributed by atoms with Crippen molar-refractivity contribution in [3.63, 3.8) is 0 Å². The van der Waals surface area contributed by atoms with E-state index in [9.17, 15) is 66.7 Å². The molecule has 2 aliphatic rings. The quantitative estimate of drug-likeness (QED) is 0.0394. The molecule has 7 rings (SSSR count). The van der Waals surface area contributed by atoms with Gasteiger partial charge in [0.2, 0.25) is 5.91 Å². The molecule has 71 heavy (non-hydrogen) atoms. The molecular formula is C43H36ClF10N7O8S2. The van der Waals surface area contributed by atoms with Gasteiger partial charge in [-0.2, -0.15) is 45.3 Å². The first-order valence-electron chi connectivity index (χ1n) is 20.7. The lowest BCUT2D eigenvalue weighted by atomic mass is 9.93. The van der Waals surface area contributed by atoms with Crippen molar-refractivity contribution in [2.24, 2.45) is 5.92 Å². The maximum absolute atomic E-state index is 15.6. The van der Waals surface area contributed by atoms with Gasteiger partial charge in [0.1, 0.15) is 40.9 Å². The van der Waals surface area contributed by atoms with E-state index in [4.69, 9.17) is 11.6 Å². The van der Waals surface area contributed by atoms with E-state index < -0.39 is 157 Å². The third kappa shape index (κ3) is 10.7. The Morgan fingerprint density at radius 2 is 1.68 bits per heavy atom. The second-order valence-electron chi connectivity index (χ2n) is 16.9. The van der Waals surface area contributed by atoms with Gasteiger partial charge in [0, 0.05) is 40.3 Å². The van der Waals surface area contributed by atoms with E-state index in [1.807, 2.05) is 0 Å². The van der Waals surface area contributed by atoms with Crippen molar-refractivity contribution in [1.82, 2.24) is 34.2 Å². The van der Waals surface area contributed by atoms with Gasteiger partial charge in [0.15, 0.2) is 15.5 Å². The zero-order chi connectivity index (χ0) is 52.5. The molecule has 2 N–H and O–H groups in total. The summed E-state index contributed by atoms with van der Waals surface area (Å²) >= 11 is 3.26. The monoisotopic (exact) mass is 1070 g/mol. The van der Waals surface area contributed by atoms with E-state index in [2.05, 4.69) is 37.1 Å². The Kier molecular flexibility index (Phi) is 14.0. The van der Waals surface area contributed by atoms with E-state index in [0.717, 1.165) is 36.6 Å². The Morgan fingerprint density at radius 1 is 1.03 bits per heavy atom. The average Bonchev–Trinajstić information content (AvgIpc) is 3.76. The molecule has 3 heterocycles. The standard InChI is InChI=1S/C43H36ClF10N7O8S2/c1-5-69-39(64)38(63)61(70(65)66)17-30-33-28(44)9-8-25(35(33)60(57-30)19-41(47,48)49)24-7-6-23(10-11-40(2,3)71(4,67)68)55-34(24)29(14-20-12-21(45)15-22(46)13-20)56-31(62)18-59-37-32(36(58-59)43(52,53)54)26-16-27(26)42(37,50)51/h6-9,12-13,15,26-27,29H,5,14,16-19H2,1-4H3,(H,56,62)(H,65,66)/t26-,27+,29?/m0/s1. The van der Waals surface area contributed by atoms with Crippen molar-refractivity contribution in [3.8, 4) is 23.0 Å². The Hall–Kier alpha value is -6.11. The summed E-state index contributed by atoms with van der Waals surface area (Å²) in [6, 6.07) is 4.89. The van der Waals surface area contributed by atoms with Crippen LogP contribution in [-0.4, -0.2) is 87.6 Å². The topological polar surface area (TPSA) is 196 Å². The van der Waals surface area contributed by atoms with Crippen LogP contribution in [0.3, 0.4) is 0 Å². The number of pyridine rings is 1. The van der Waals surface area contributed by atoms with Gasteiger partial charge in [-0.1, -0.05) is 23.6 Å². The van der Waals surface area contributed by atoms with Gasteiger partial charge in [-0.25, -0.2) is 35.5 Å². The van der Waals surface area contributed by atoms with E-state index in [0.29, 0.717) is 10.7 Å². The van der Waals surface area contributed by atoms with Crippen LogP contribution < -0.4 is 5.32 Å². The van der Waals surface area contributed by atoms with Crippen LogP contribution in [0.5, 0.6) is 0 Å². The molecule has 0 bridgehead atoms. The Labute approximate surface area is 403 Å². The molecule has 15 nitrogen and oxygen atoms in total. The van der Waals surface area contributed by atoms with Crippen LogP contribution in [0.4, 0.5) is 43.9 Å². The molecule has 2 aliphatic carbocycles. The summed E-state index contributed by atoms with van der Waals surface area (Å²) in [5, 5.41) is 8.97. The summed E-state index contributed by atoms with van der Waals surface area (Å²) in [5.41, 5.74) is -6.24. The van der Waals surface area contributed by atoms with Crippen molar-refractivity contribution < 1.29 is 80.2 Å². The molecule has 2 unspecified atom stereocenters. The van der Waals surface area contributed by atoms with Crippen LogP contribution in [0, 0.1) is 29.4 Å². The number of nitrogens with zero attached hydrogens (tertiary/aromatic N) is 6. The maximum Gasteiger partial charge on any atom is 0.435 e. The molecular weight excluding hydrogens is 1030 g/mol. The first kappa shape index (κ1) is 52.7. The molecule has 0 spiro atoms. The SMILES string of the molecule is CCOC(=O)C(=O)N(Cc1nn(CC(F)(F)F)c2c(-c3ccc(C#CC(C)(C)S(C)(=O)=O)nc3C(Cc3cc(F)cc(F)c3)NC(=O)Cn3nc(C(F)(F)F)c4c3C(F)(F)[C@@H]3C[C@H]43)ccc(Cl)c12)S(=O)O. The van der Waals surface area contributed by atoms with Crippen molar-refractivity contribution >= 4 is 61.4 Å². The highest BCUT2D eigenvalue weighted by molar-refractivity contribution is 7.92. The number of benzene rings is 2. The van der Waals surface area contributed by atoms with Crippen LogP contribution in [0.1, 0.15) is 78.7 Å². The lowest BCUT2D eigenvalue weighted by Crippen LogP contribution is -2.38. The molecule has 3 aromatic heterocycles. The minimum Gasteiger partial charge on any atom is -0.459 e. The lowest BCUT2D eigenvalue weighted by Gasteiger charge is -2.23. The highest BCUT2D eigenvalue weighted by Crippen LogP contribution is 2.68. The van der Waals surface area contributed by atoms with Crippen molar-refractivity contribution in [2.75, 3.05) is 12.9 Å². The molecule has 2 amide bonds. The van der Waals surface area contributed by atoms with Gasteiger partial charge < -0.3 is 10.1 Å². The third-order valence-corrected chi connectivity index (χ3v) is 14.5. The number of esters is 1. The molecule has 0 saturated heterocycles. The Balaban J connectivity index is 1.46. The predicted molar refractivity (Wildman–Crippen MR) is 231 cm³/mol. The van der Waals surface area contributed by atoms with Gasteiger partial charge in [0.25, 0.3) is 17.2 Å². The third-order valence-electron chi connectivity index (χ3n) is 11.6. The Morgan fingerprint density at radius 3 is 2.27 bits per heavy atom. The second kappa shape index (κ2) is 18.8. The fraction of sp³-hybridized carbons (Fsp3) is 0.395. The minimum absolute atomic E-state index is 0.00834. The number of aromatic nitrogens is 5. The van der Waals surface area contributed by atoms with Gasteiger partial charge in [-0.05, 0) is 81.3 Å².